The fraction of sp³-hybridized carbons (Fsp3) is 0.733. The van der Waals surface area contributed by atoms with E-state index in [2.05, 4.69) is 5.32 Å². The highest BCUT2D eigenvalue weighted by Gasteiger charge is 2.38. The van der Waals surface area contributed by atoms with E-state index in [1.807, 2.05) is 6.92 Å². The third-order valence-electron chi connectivity index (χ3n) is 3.45. The number of ether oxygens (including phenoxy) is 1. The second-order valence-corrected chi connectivity index (χ2v) is 6.68. The lowest BCUT2D eigenvalue weighted by Gasteiger charge is -2.29. The quantitative estimate of drug-likeness (QED) is 0.777. The molecule has 0 radical (unpaired) electrons. The summed E-state index contributed by atoms with van der Waals surface area (Å²) in [5, 5.41) is 11.9. The van der Waals surface area contributed by atoms with E-state index in [1.54, 1.807) is 20.8 Å². The summed E-state index contributed by atoms with van der Waals surface area (Å²) in [6.45, 7) is 8.78. The van der Waals surface area contributed by atoms with Crippen molar-refractivity contribution in [2.75, 3.05) is 0 Å². The van der Waals surface area contributed by atoms with Crippen molar-refractivity contribution in [3.63, 3.8) is 0 Å². The Balaban J connectivity index is 2.80. The van der Waals surface area contributed by atoms with Crippen LogP contribution in [0.5, 0.6) is 0 Å². The highest BCUT2D eigenvalue weighted by atomic mass is 16.6. The molecule has 0 aromatic heterocycles. The molecule has 0 unspecified atom stereocenters. The van der Waals surface area contributed by atoms with Gasteiger partial charge in [0.05, 0.1) is 0 Å². The van der Waals surface area contributed by atoms with E-state index < -0.39 is 23.2 Å². The molecule has 0 aliphatic heterocycles. The van der Waals surface area contributed by atoms with Gasteiger partial charge < -0.3 is 15.2 Å². The Kier molecular flexibility index (Phi) is 4.84. The summed E-state index contributed by atoms with van der Waals surface area (Å²) in [6.07, 6.45) is 2.61. The molecular formula is C15H25NO4. The normalized spacial score (nSPS) is 18.6. The minimum absolute atomic E-state index is 0.327. The minimum Gasteiger partial charge on any atom is -0.480 e. The molecule has 0 saturated heterocycles. The molecule has 5 heteroatoms. The Morgan fingerprint density at radius 1 is 1.25 bits per heavy atom. The molecule has 0 heterocycles. The van der Waals surface area contributed by atoms with Crippen LogP contribution in [0.2, 0.25) is 0 Å². The van der Waals surface area contributed by atoms with E-state index in [0.29, 0.717) is 6.42 Å². The number of carbonyl (C=O) groups is 2. The topological polar surface area (TPSA) is 75.6 Å². The molecule has 0 aromatic carbocycles. The third kappa shape index (κ3) is 4.54. The first-order valence-corrected chi connectivity index (χ1v) is 6.95. The van der Waals surface area contributed by atoms with Crippen LogP contribution in [0.15, 0.2) is 11.1 Å². The second kappa shape index (κ2) is 5.85. The molecule has 2 N–H and O–H groups in total. The van der Waals surface area contributed by atoms with E-state index in [-0.39, 0.29) is 0 Å². The van der Waals surface area contributed by atoms with Crippen LogP contribution in [0.1, 0.15) is 60.3 Å². The van der Waals surface area contributed by atoms with Crippen LogP contribution in [0.25, 0.3) is 0 Å². The molecular weight excluding hydrogens is 258 g/mol. The number of amides is 1. The second-order valence-electron chi connectivity index (χ2n) is 6.68. The predicted molar refractivity (Wildman–Crippen MR) is 76.6 cm³/mol. The van der Waals surface area contributed by atoms with E-state index in [9.17, 15) is 14.7 Å². The van der Waals surface area contributed by atoms with E-state index >= 15 is 0 Å². The number of aliphatic carboxylic acids is 1. The van der Waals surface area contributed by atoms with Gasteiger partial charge in [0.15, 0.2) is 0 Å². The van der Waals surface area contributed by atoms with Gasteiger partial charge in [-0.2, -0.15) is 0 Å². The van der Waals surface area contributed by atoms with Crippen molar-refractivity contribution >= 4 is 12.1 Å². The lowest BCUT2D eigenvalue weighted by Crippen LogP contribution is -2.53. The van der Waals surface area contributed by atoms with Crippen molar-refractivity contribution in [2.45, 2.75) is 71.4 Å². The Hall–Kier alpha value is -1.52. The number of alkyl carbamates (subject to hydrolysis) is 1. The van der Waals surface area contributed by atoms with Crippen molar-refractivity contribution in [1.29, 1.82) is 0 Å². The summed E-state index contributed by atoms with van der Waals surface area (Å²) >= 11 is 0. The Morgan fingerprint density at radius 2 is 1.85 bits per heavy atom. The Morgan fingerprint density at radius 3 is 2.25 bits per heavy atom. The number of hydrogen-bond acceptors (Lipinski definition) is 3. The fourth-order valence-electron chi connectivity index (χ4n) is 2.33. The number of hydrogen-bond donors (Lipinski definition) is 2. The van der Waals surface area contributed by atoms with Crippen LogP contribution in [0, 0.1) is 0 Å². The predicted octanol–water partition coefficient (Wildman–Crippen LogP) is 3.24. The van der Waals surface area contributed by atoms with Crippen molar-refractivity contribution in [3.05, 3.63) is 11.1 Å². The zero-order chi connectivity index (χ0) is 15.6. The summed E-state index contributed by atoms with van der Waals surface area (Å²) in [7, 11) is 0. The van der Waals surface area contributed by atoms with Gasteiger partial charge in [-0.3, -0.25) is 0 Å². The van der Waals surface area contributed by atoms with Crippen LogP contribution >= 0.6 is 0 Å². The van der Waals surface area contributed by atoms with Gasteiger partial charge in [0, 0.05) is 6.42 Å². The lowest BCUT2D eigenvalue weighted by atomic mass is 9.91. The number of carbonyl (C=O) groups excluding carboxylic acids is 1. The Bertz CT molecular complexity index is 434. The maximum atomic E-state index is 11.8. The van der Waals surface area contributed by atoms with Gasteiger partial charge in [0.2, 0.25) is 0 Å². The van der Waals surface area contributed by atoms with Gasteiger partial charge >= 0.3 is 12.1 Å². The summed E-state index contributed by atoms with van der Waals surface area (Å²) in [4.78, 5) is 23.3. The van der Waals surface area contributed by atoms with Gasteiger partial charge in [0.1, 0.15) is 11.1 Å². The number of carboxylic acids is 1. The molecule has 1 amide bonds. The standard InChI is InChI=1S/C15H25NO4/c1-10-7-6-8-11(10)9-15(5,12(17)18)16-13(19)20-14(2,3)4/h6-9H2,1-5H3,(H,16,19)(H,17,18)/t15-/m0/s1. The average Bonchev–Trinajstić information content (AvgIpc) is 2.60. The Labute approximate surface area is 120 Å². The molecule has 0 bridgehead atoms. The number of rotatable bonds is 4. The van der Waals surface area contributed by atoms with E-state index in [4.69, 9.17) is 4.74 Å². The van der Waals surface area contributed by atoms with Crippen molar-refractivity contribution < 1.29 is 19.4 Å². The molecule has 0 saturated carbocycles. The zero-order valence-corrected chi connectivity index (χ0v) is 13.0. The van der Waals surface area contributed by atoms with Crippen LogP contribution in [0.3, 0.4) is 0 Å². The SMILES string of the molecule is CC1=C(C[C@](C)(NC(=O)OC(C)(C)C)C(=O)O)CCC1. The number of nitrogens with one attached hydrogen (secondary N) is 1. The number of allylic oxidation sites excluding steroid dienone is 1. The van der Waals surface area contributed by atoms with Crippen LogP contribution in [-0.4, -0.2) is 28.3 Å². The van der Waals surface area contributed by atoms with Gasteiger partial charge in [-0.15, -0.1) is 0 Å². The van der Waals surface area contributed by atoms with Crippen molar-refractivity contribution in [2.24, 2.45) is 0 Å². The fourth-order valence-corrected chi connectivity index (χ4v) is 2.33. The van der Waals surface area contributed by atoms with Crippen LogP contribution < -0.4 is 5.32 Å². The molecule has 5 nitrogen and oxygen atoms in total. The van der Waals surface area contributed by atoms with Crippen LogP contribution in [-0.2, 0) is 9.53 Å². The molecule has 0 aromatic rings. The van der Waals surface area contributed by atoms with Gasteiger partial charge in [-0.25, -0.2) is 9.59 Å². The van der Waals surface area contributed by atoms with E-state index in [0.717, 1.165) is 24.8 Å². The minimum atomic E-state index is -1.33. The largest absolute Gasteiger partial charge is 0.480 e. The van der Waals surface area contributed by atoms with Gasteiger partial charge in [-0.1, -0.05) is 11.1 Å². The molecule has 0 spiro atoms. The molecule has 1 atom stereocenters. The smallest absolute Gasteiger partial charge is 0.408 e. The monoisotopic (exact) mass is 283 g/mol. The maximum absolute atomic E-state index is 11.8. The molecule has 1 rings (SSSR count). The molecule has 114 valence electrons. The highest BCUT2D eigenvalue weighted by Crippen LogP contribution is 2.32. The average molecular weight is 283 g/mol. The van der Waals surface area contributed by atoms with Crippen molar-refractivity contribution in [3.8, 4) is 0 Å². The highest BCUT2D eigenvalue weighted by molar-refractivity contribution is 5.84. The molecule has 1 aliphatic rings. The first-order chi connectivity index (χ1) is 9.03. The molecule has 20 heavy (non-hydrogen) atoms. The van der Waals surface area contributed by atoms with Crippen LogP contribution in [0.4, 0.5) is 4.79 Å². The summed E-state index contributed by atoms with van der Waals surface area (Å²) in [5.74, 6) is -1.05. The maximum Gasteiger partial charge on any atom is 0.408 e. The third-order valence-corrected chi connectivity index (χ3v) is 3.45. The summed E-state index contributed by atoms with van der Waals surface area (Å²) in [6, 6.07) is 0. The first kappa shape index (κ1) is 16.5. The summed E-state index contributed by atoms with van der Waals surface area (Å²) < 4.78 is 5.15. The molecule has 1 aliphatic carbocycles. The zero-order valence-electron chi connectivity index (χ0n) is 13.0. The first-order valence-electron chi connectivity index (χ1n) is 6.95. The number of carboxylic acid groups (broad SMARTS) is 1. The lowest BCUT2D eigenvalue weighted by molar-refractivity contribution is -0.144. The van der Waals surface area contributed by atoms with Gasteiger partial charge in [-0.05, 0) is 53.9 Å². The summed E-state index contributed by atoms with van der Waals surface area (Å²) in [5.41, 5.74) is 0.393. The van der Waals surface area contributed by atoms with Crippen molar-refractivity contribution in [1.82, 2.24) is 5.32 Å². The molecule has 0 fully saturated rings. The van der Waals surface area contributed by atoms with E-state index in [1.165, 1.54) is 12.5 Å². The van der Waals surface area contributed by atoms with Gasteiger partial charge in [0.25, 0.3) is 0 Å².